The summed E-state index contributed by atoms with van der Waals surface area (Å²) in [6, 6.07) is 9.21. The molecule has 4 nitrogen and oxygen atoms in total. The maximum absolute atomic E-state index is 11.6. The van der Waals surface area contributed by atoms with E-state index >= 15 is 0 Å². The molecule has 0 unspecified atom stereocenters. The van der Waals surface area contributed by atoms with Gasteiger partial charge in [0.15, 0.2) is 0 Å². The maximum Gasteiger partial charge on any atom is 0.135 e. The molecule has 1 saturated heterocycles. The first-order chi connectivity index (χ1) is 14.5. The SMILES string of the molecule is CCCN1CCN(c2ccc(CN(C)CCCCCCCC(=O)C(C)C)cc2)CC1. The Bertz CT molecular complexity index is 591. The van der Waals surface area contributed by atoms with E-state index in [4.69, 9.17) is 0 Å². The number of hydrogen-bond donors (Lipinski definition) is 0. The molecule has 0 aromatic heterocycles. The Morgan fingerprint density at radius 2 is 1.60 bits per heavy atom. The van der Waals surface area contributed by atoms with Gasteiger partial charge in [0, 0.05) is 50.7 Å². The van der Waals surface area contributed by atoms with Crippen molar-refractivity contribution in [2.75, 3.05) is 51.2 Å². The van der Waals surface area contributed by atoms with Crippen molar-refractivity contribution in [1.82, 2.24) is 9.80 Å². The second kappa shape index (κ2) is 13.8. The Kier molecular flexibility index (Phi) is 11.5. The smallest absolute Gasteiger partial charge is 0.135 e. The number of ketones is 1. The molecule has 1 aliphatic rings. The lowest BCUT2D eigenvalue weighted by Gasteiger charge is -2.36. The van der Waals surface area contributed by atoms with E-state index < -0.39 is 0 Å². The molecule has 0 saturated carbocycles. The molecule has 1 aromatic rings. The average molecular weight is 416 g/mol. The number of rotatable bonds is 14. The van der Waals surface area contributed by atoms with Gasteiger partial charge in [0.1, 0.15) is 5.78 Å². The van der Waals surface area contributed by atoms with E-state index in [1.807, 2.05) is 13.8 Å². The second-order valence-electron chi connectivity index (χ2n) is 9.37. The van der Waals surface area contributed by atoms with Crippen molar-refractivity contribution in [3.63, 3.8) is 0 Å². The molecule has 0 bridgehead atoms. The second-order valence-corrected chi connectivity index (χ2v) is 9.37. The van der Waals surface area contributed by atoms with Crippen LogP contribution in [0, 0.1) is 5.92 Å². The van der Waals surface area contributed by atoms with E-state index in [0.29, 0.717) is 5.78 Å². The average Bonchev–Trinajstić information content (AvgIpc) is 2.74. The summed E-state index contributed by atoms with van der Waals surface area (Å²) < 4.78 is 0. The van der Waals surface area contributed by atoms with E-state index in [1.165, 1.54) is 63.0 Å². The van der Waals surface area contributed by atoms with Crippen LogP contribution in [0.1, 0.15) is 71.3 Å². The summed E-state index contributed by atoms with van der Waals surface area (Å²) in [6.45, 7) is 14.3. The van der Waals surface area contributed by atoms with Crippen LogP contribution >= 0.6 is 0 Å². The van der Waals surface area contributed by atoms with Crippen LogP contribution in [0.5, 0.6) is 0 Å². The zero-order chi connectivity index (χ0) is 21.8. The lowest BCUT2D eigenvalue weighted by atomic mass is 10.0. The van der Waals surface area contributed by atoms with E-state index in [-0.39, 0.29) is 5.92 Å². The Morgan fingerprint density at radius 1 is 0.967 bits per heavy atom. The summed E-state index contributed by atoms with van der Waals surface area (Å²) in [5.74, 6) is 0.614. The van der Waals surface area contributed by atoms with Gasteiger partial charge < -0.3 is 9.80 Å². The summed E-state index contributed by atoms with van der Waals surface area (Å²) in [6.07, 6.45) is 8.03. The van der Waals surface area contributed by atoms with Gasteiger partial charge in [-0.2, -0.15) is 0 Å². The normalized spacial score (nSPS) is 15.3. The molecule has 0 radical (unpaired) electrons. The number of carbonyl (C=O) groups excluding carboxylic acids is 1. The van der Waals surface area contributed by atoms with Crippen LogP contribution in [0.4, 0.5) is 5.69 Å². The van der Waals surface area contributed by atoms with Gasteiger partial charge in [0.05, 0.1) is 0 Å². The van der Waals surface area contributed by atoms with Crippen molar-refractivity contribution >= 4 is 11.5 Å². The molecule has 2 rings (SSSR count). The number of piperazine rings is 1. The van der Waals surface area contributed by atoms with Gasteiger partial charge in [-0.05, 0) is 57.1 Å². The van der Waals surface area contributed by atoms with Crippen LogP contribution in [0.15, 0.2) is 24.3 Å². The molecule has 1 aliphatic heterocycles. The summed E-state index contributed by atoms with van der Waals surface area (Å²) in [5.41, 5.74) is 2.77. The highest BCUT2D eigenvalue weighted by atomic mass is 16.1. The number of carbonyl (C=O) groups is 1. The van der Waals surface area contributed by atoms with Crippen LogP contribution in [0.25, 0.3) is 0 Å². The molecule has 1 aromatic carbocycles. The van der Waals surface area contributed by atoms with Crippen molar-refractivity contribution < 1.29 is 4.79 Å². The van der Waals surface area contributed by atoms with Gasteiger partial charge in [-0.25, -0.2) is 0 Å². The topological polar surface area (TPSA) is 26.8 Å². The lowest BCUT2D eigenvalue weighted by Crippen LogP contribution is -2.46. The third-order valence-electron chi connectivity index (χ3n) is 6.27. The first kappa shape index (κ1) is 24.9. The van der Waals surface area contributed by atoms with Crippen LogP contribution in [0.2, 0.25) is 0 Å². The summed E-state index contributed by atoms with van der Waals surface area (Å²) in [7, 11) is 2.22. The monoisotopic (exact) mass is 415 g/mol. The van der Waals surface area contributed by atoms with Gasteiger partial charge in [-0.15, -0.1) is 0 Å². The van der Waals surface area contributed by atoms with E-state index in [1.54, 1.807) is 0 Å². The summed E-state index contributed by atoms with van der Waals surface area (Å²) >= 11 is 0. The first-order valence-corrected chi connectivity index (χ1v) is 12.3. The summed E-state index contributed by atoms with van der Waals surface area (Å²) in [4.78, 5) is 19.2. The molecule has 30 heavy (non-hydrogen) atoms. The van der Waals surface area contributed by atoms with Crippen LogP contribution < -0.4 is 4.90 Å². The number of benzene rings is 1. The predicted octanol–water partition coefficient (Wildman–Crippen LogP) is 5.22. The Morgan fingerprint density at radius 3 is 2.23 bits per heavy atom. The van der Waals surface area contributed by atoms with Gasteiger partial charge in [-0.3, -0.25) is 9.69 Å². The van der Waals surface area contributed by atoms with Crippen LogP contribution in [-0.2, 0) is 11.3 Å². The Balaban J connectivity index is 1.58. The maximum atomic E-state index is 11.6. The first-order valence-electron chi connectivity index (χ1n) is 12.3. The highest BCUT2D eigenvalue weighted by Gasteiger charge is 2.16. The number of nitrogens with zero attached hydrogens (tertiary/aromatic N) is 3. The third-order valence-corrected chi connectivity index (χ3v) is 6.27. The molecule has 0 atom stereocenters. The molecule has 4 heteroatoms. The van der Waals surface area contributed by atoms with Gasteiger partial charge in [0.25, 0.3) is 0 Å². The summed E-state index contributed by atoms with van der Waals surface area (Å²) in [5, 5.41) is 0. The van der Waals surface area contributed by atoms with E-state index in [0.717, 1.165) is 39.0 Å². The number of unbranched alkanes of at least 4 members (excludes halogenated alkanes) is 4. The van der Waals surface area contributed by atoms with Crippen molar-refractivity contribution in [2.45, 2.75) is 72.3 Å². The van der Waals surface area contributed by atoms with Crippen LogP contribution in [-0.4, -0.2) is 61.9 Å². The fraction of sp³-hybridized carbons (Fsp3) is 0.731. The quantitative estimate of drug-likeness (QED) is 0.389. The molecule has 1 heterocycles. The molecule has 1 fully saturated rings. The van der Waals surface area contributed by atoms with Gasteiger partial charge in [-0.1, -0.05) is 52.2 Å². The van der Waals surface area contributed by atoms with Crippen molar-refractivity contribution in [3.05, 3.63) is 29.8 Å². The van der Waals surface area contributed by atoms with Crippen molar-refractivity contribution in [3.8, 4) is 0 Å². The molecule has 0 spiro atoms. The largest absolute Gasteiger partial charge is 0.369 e. The Hall–Kier alpha value is -1.39. The highest BCUT2D eigenvalue weighted by Crippen LogP contribution is 2.18. The molecule has 0 N–H and O–H groups in total. The predicted molar refractivity (Wildman–Crippen MR) is 129 cm³/mol. The van der Waals surface area contributed by atoms with E-state index in [2.05, 4.69) is 52.9 Å². The Labute approximate surface area is 185 Å². The fourth-order valence-corrected chi connectivity index (χ4v) is 4.25. The standard InChI is InChI=1S/C26H45N3O/c1-5-16-28-18-20-29(21-19-28)25-14-12-24(13-15-25)22-27(4)17-10-8-6-7-9-11-26(30)23(2)3/h12-15,23H,5-11,16-22H2,1-4H3. The lowest BCUT2D eigenvalue weighted by molar-refractivity contribution is -0.122. The number of Topliss-reactive ketones (excluding diaryl/α,β-unsaturated/α-hetero) is 1. The minimum atomic E-state index is 0.198. The van der Waals surface area contributed by atoms with Gasteiger partial charge >= 0.3 is 0 Å². The third kappa shape index (κ3) is 9.18. The molecular weight excluding hydrogens is 370 g/mol. The highest BCUT2D eigenvalue weighted by molar-refractivity contribution is 5.80. The molecule has 0 amide bonds. The van der Waals surface area contributed by atoms with Crippen LogP contribution in [0.3, 0.4) is 0 Å². The van der Waals surface area contributed by atoms with Gasteiger partial charge in [0.2, 0.25) is 0 Å². The van der Waals surface area contributed by atoms with Crippen molar-refractivity contribution in [2.24, 2.45) is 5.92 Å². The minimum Gasteiger partial charge on any atom is -0.369 e. The molecular formula is C26H45N3O. The molecule has 0 aliphatic carbocycles. The zero-order valence-electron chi connectivity index (χ0n) is 20.0. The number of anilines is 1. The minimum absolute atomic E-state index is 0.198. The molecule has 170 valence electrons. The van der Waals surface area contributed by atoms with Crippen molar-refractivity contribution in [1.29, 1.82) is 0 Å². The van der Waals surface area contributed by atoms with E-state index in [9.17, 15) is 4.79 Å². The fourth-order valence-electron chi connectivity index (χ4n) is 4.25. The number of hydrogen-bond acceptors (Lipinski definition) is 4. The zero-order valence-corrected chi connectivity index (χ0v) is 20.0.